The largest absolute Gasteiger partial charge is 0.386 e. The van der Waals surface area contributed by atoms with E-state index >= 15 is 0 Å². The van der Waals surface area contributed by atoms with Crippen LogP contribution in [0.5, 0.6) is 0 Å². The van der Waals surface area contributed by atoms with E-state index in [-0.39, 0.29) is 0 Å². The van der Waals surface area contributed by atoms with E-state index in [9.17, 15) is 5.11 Å². The maximum Gasteiger partial charge on any atom is 0.204 e. The van der Waals surface area contributed by atoms with E-state index < -0.39 is 5.60 Å². The molecule has 0 aromatic heterocycles. The molecule has 0 saturated heterocycles. The Bertz CT molecular complexity index is 1120. The molecule has 0 amide bonds. The van der Waals surface area contributed by atoms with Gasteiger partial charge in [0.1, 0.15) is 0 Å². The third kappa shape index (κ3) is 7.55. The monoisotopic (exact) mass is 559 g/mol. The number of aliphatic hydroxyl groups is 1. The Morgan fingerprint density at radius 1 is 0.732 bits per heavy atom. The summed E-state index contributed by atoms with van der Waals surface area (Å²) in [4.78, 5) is 8.45. The minimum Gasteiger partial charge on any atom is -0.386 e. The maximum absolute atomic E-state index is 11.4. The molecule has 0 bridgehead atoms. The maximum atomic E-state index is 11.4. The highest BCUT2D eigenvalue weighted by molar-refractivity contribution is 5.98. The fraction of sp³-hybridized carbons (Fsp3) is 0.649. The van der Waals surface area contributed by atoms with E-state index in [0.29, 0.717) is 29.8 Å². The van der Waals surface area contributed by atoms with Crippen LogP contribution >= 0.6 is 0 Å². The van der Waals surface area contributed by atoms with Crippen molar-refractivity contribution in [3.63, 3.8) is 0 Å². The van der Waals surface area contributed by atoms with Crippen LogP contribution in [-0.4, -0.2) is 28.0 Å². The molecule has 2 aromatic carbocycles. The lowest BCUT2D eigenvalue weighted by Gasteiger charge is -2.44. The first-order valence-electron chi connectivity index (χ1n) is 16.6. The number of hydrogen-bond acceptors (Lipinski definition) is 2. The van der Waals surface area contributed by atoms with Gasteiger partial charge in [-0.25, -0.2) is 4.99 Å². The van der Waals surface area contributed by atoms with Crippen molar-refractivity contribution in [2.75, 3.05) is 5.32 Å². The molecule has 4 nitrogen and oxygen atoms in total. The van der Waals surface area contributed by atoms with Crippen molar-refractivity contribution in [1.82, 2.24) is 4.90 Å². The van der Waals surface area contributed by atoms with Gasteiger partial charge in [0.15, 0.2) is 0 Å². The lowest BCUT2D eigenvalue weighted by atomic mass is 9.88. The predicted molar refractivity (Wildman–Crippen MR) is 177 cm³/mol. The highest BCUT2D eigenvalue weighted by Gasteiger charge is 2.34. The molecule has 0 heterocycles. The predicted octanol–water partition coefficient (Wildman–Crippen LogP) is 10.4. The van der Waals surface area contributed by atoms with Crippen LogP contribution in [0.25, 0.3) is 0 Å². The van der Waals surface area contributed by atoms with Crippen molar-refractivity contribution >= 4 is 17.3 Å². The normalized spacial score (nSPS) is 18.0. The third-order valence-corrected chi connectivity index (χ3v) is 9.36. The highest BCUT2D eigenvalue weighted by Crippen LogP contribution is 2.39. The van der Waals surface area contributed by atoms with Crippen LogP contribution in [0.2, 0.25) is 0 Å². The summed E-state index contributed by atoms with van der Waals surface area (Å²) in [6, 6.07) is 14.1. The van der Waals surface area contributed by atoms with Crippen molar-refractivity contribution in [3.05, 3.63) is 58.7 Å². The smallest absolute Gasteiger partial charge is 0.204 e. The van der Waals surface area contributed by atoms with Gasteiger partial charge in [-0.1, -0.05) is 116 Å². The van der Waals surface area contributed by atoms with Gasteiger partial charge in [0.2, 0.25) is 5.96 Å². The van der Waals surface area contributed by atoms with Gasteiger partial charge in [0.25, 0.3) is 0 Å². The van der Waals surface area contributed by atoms with Crippen LogP contribution in [0, 0.1) is 0 Å². The van der Waals surface area contributed by atoms with Gasteiger partial charge in [-0.15, -0.1) is 0 Å². The molecule has 0 spiro atoms. The quantitative estimate of drug-likeness (QED) is 0.250. The Labute approximate surface area is 251 Å². The number of aliphatic imine (C=N–C) groups is 1. The van der Waals surface area contributed by atoms with Gasteiger partial charge in [-0.3, -0.25) is 0 Å². The van der Waals surface area contributed by atoms with Crippen molar-refractivity contribution < 1.29 is 5.11 Å². The van der Waals surface area contributed by atoms with Crippen LogP contribution in [0.1, 0.15) is 160 Å². The van der Waals surface area contributed by atoms with Gasteiger partial charge < -0.3 is 15.3 Å². The number of nitrogens with one attached hydrogen (secondary N) is 1. The zero-order valence-electron chi connectivity index (χ0n) is 27.3. The second-order valence-corrected chi connectivity index (χ2v) is 14.1. The summed E-state index contributed by atoms with van der Waals surface area (Å²) < 4.78 is 0. The molecule has 0 atom stereocenters. The molecule has 4 rings (SSSR count). The molecule has 2 fully saturated rings. The molecule has 2 saturated carbocycles. The second kappa shape index (κ2) is 13.8. The van der Waals surface area contributed by atoms with E-state index in [1.54, 1.807) is 0 Å². The minimum absolute atomic E-state index is 0.313. The fourth-order valence-electron chi connectivity index (χ4n) is 7.07. The molecule has 2 aromatic rings. The molecule has 0 aliphatic heterocycles. The molecule has 2 aliphatic rings. The summed E-state index contributed by atoms with van der Waals surface area (Å²) >= 11 is 0. The molecule has 4 heteroatoms. The number of para-hydroxylation sites is 2. The molecule has 0 radical (unpaired) electrons. The van der Waals surface area contributed by atoms with Gasteiger partial charge >= 0.3 is 0 Å². The van der Waals surface area contributed by atoms with Gasteiger partial charge in [-0.05, 0) is 74.0 Å². The summed E-state index contributed by atoms with van der Waals surface area (Å²) in [6.45, 7) is 17.4. The van der Waals surface area contributed by atoms with Crippen molar-refractivity contribution in [2.24, 2.45) is 4.99 Å². The summed E-state index contributed by atoms with van der Waals surface area (Å²) in [7, 11) is 0. The van der Waals surface area contributed by atoms with Crippen molar-refractivity contribution in [3.8, 4) is 0 Å². The molecule has 226 valence electrons. The van der Waals surface area contributed by atoms with Crippen molar-refractivity contribution in [2.45, 2.75) is 155 Å². The van der Waals surface area contributed by atoms with Crippen LogP contribution in [0.3, 0.4) is 0 Å². The molecular weight excluding hydrogens is 502 g/mol. The van der Waals surface area contributed by atoms with Crippen LogP contribution in [0.15, 0.2) is 41.4 Å². The lowest BCUT2D eigenvalue weighted by molar-refractivity contribution is 0.0793. The number of anilines is 1. The Kier molecular flexibility index (Phi) is 10.6. The first-order chi connectivity index (χ1) is 19.5. The van der Waals surface area contributed by atoms with Gasteiger partial charge in [0.05, 0.1) is 17.0 Å². The van der Waals surface area contributed by atoms with Crippen LogP contribution in [0.4, 0.5) is 11.4 Å². The number of benzene rings is 2. The van der Waals surface area contributed by atoms with E-state index in [2.05, 4.69) is 88.2 Å². The molecular formula is C37H57N3O. The number of rotatable bonds is 8. The average molecular weight is 560 g/mol. The Balaban J connectivity index is 1.99. The number of nitrogens with zero attached hydrogens (tertiary/aromatic N) is 2. The Morgan fingerprint density at radius 3 is 1.61 bits per heavy atom. The first-order valence-corrected chi connectivity index (χ1v) is 16.6. The molecule has 2 aliphatic carbocycles. The first kappa shape index (κ1) is 31.6. The second-order valence-electron chi connectivity index (χ2n) is 14.1. The van der Waals surface area contributed by atoms with E-state index in [1.807, 2.05) is 13.8 Å². The lowest BCUT2D eigenvalue weighted by Crippen LogP contribution is -2.51. The fourth-order valence-corrected chi connectivity index (χ4v) is 7.07. The standard InChI is InChI=1S/C37H57N3O/c1-25(2)30-21-15-22-31(26(3)4)34(30)38-36(39-35-32(27(5)6)23-16-24-33(35)37(7,8)41)40(28-17-11-9-12-18-28)29-19-13-10-14-20-29/h15-16,21-29,41H,9-14,17-20H2,1-8H3,(H,38,39). The SMILES string of the molecule is CC(C)c1cccc(C(C)C)c1N=C(Nc1c(C(C)C)cccc1C(C)(C)O)N(C1CCCCC1)C1CCCCC1. The van der Waals surface area contributed by atoms with Crippen LogP contribution < -0.4 is 5.32 Å². The molecule has 0 unspecified atom stereocenters. The van der Waals surface area contributed by atoms with Gasteiger partial charge in [-0.2, -0.15) is 0 Å². The zero-order chi connectivity index (χ0) is 29.7. The van der Waals surface area contributed by atoms with E-state index in [1.165, 1.54) is 80.9 Å². The average Bonchev–Trinajstić information content (AvgIpc) is 2.93. The molecule has 2 N–H and O–H groups in total. The molecule has 41 heavy (non-hydrogen) atoms. The third-order valence-electron chi connectivity index (χ3n) is 9.36. The Hall–Kier alpha value is -2.33. The van der Waals surface area contributed by atoms with Crippen LogP contribution in [-0.2, 0) is 5.60 Å². The summed E-state index contributed by atoms with van der Waals surface area (Å²) in [6.07, 6.45) is 12.7. The van der Waals surface area contributed by atoms with E-state index in [4.69, 9.17) is 4.99 Å². The number of hydrogen-bond donors (Lipinski definition) is 2. The zero-order valence-corrected chi connectivity index (χ0v) is 27.3. The van der Waals surface area contributed by atoms with Crippen molar-refractivity contribution in [1.29, 1.82) is 0 Å². The summed E-state index contributed by atoms with van der Waals surface area (Å²) in [5.41, 5.74) is 5.96. The summed E-state index contributed by atoms with van der Waals surface area (Å²) in [5, 5.41) is 15.4. The van der Waals surface area contributed by atoms with Gasteiger partial charge in [0, 0.05) is 17.6 Å². The topological polar surface area (TPSA) is 47.9 Å². The number of guanidine groups is 1. The minimum atomic E-state index is -0.974. The van der Waals surface area contributed by atoms with E-state index in [0.717, 1.165) is 22.9 Å². The highest BCUT2D eigenvalue weighted by atomic mass is 16.3. The Morgan fingerprint density at radius 2 is 1.17 bits per heavy atom. The summed E-state index contributed by atoms with van der Waals surface area (Å²) in [5.74, 6) is 2.05.